The Bertz CT molecular complexity index is 728. The van der Waals surface area contributed by atoms with Crippen LogP contribution < -0.4 is 20.1 Å². The monoisotopic (exact) mass is 426 g/mol. The van der Waals surface area contributed by atoms with E-state index in [1.165, 1.54) is 14.2 Å². The van der Waals surface area contributed by atoms with E-state index in [-0.39, 0.29) is 23.9 Å². The van der Waals surface area contributed by atoms with Crippen molar-refractivity contribution in [2.24, 2.45) is 0 Å². The molecule has 8 nitrogen and oxygen atoms in total. The lowest BCUT2D eigenvalue weighted by atomic mass is 10.1. The van der Waals surface area contributed by atoms with Gasteiger partial charge in [0.05, 0.1) is 38.0 Å². The molecule has 0 unspecified atom stereocenters. The fraction of sp³-hybridized carbons (Fsp3) is 0.600. The van der Waals surface area contributed by atoms with E-state index in [0.717, 1.165) is 26.2 Å². The van der Waals surface area contributed by atoms with Crippen molar-refractivity contribution in [2.75, 3.05) is 58.8 Å². The second kappa shape index (κ2) is 10.1. The van der Waals surface area contributed by atoms with Crippen LogP contribution in [0.4, 0.5) is 5.69 Å². The highest BCUT2D eigenvalue weighted by atomic mass is 35.5. The van der Waals surface area contributed by atoms with E-state index in [4.69, 9.17) is 21.1 Å². The third-order valence-electron chi connectivity index (χ3n) is 4.46. The van der Waals surface area contributed by atoms with E-state index < -0.39 is 0 Å². The zero-order valence-corrected chi connectivity index (χ0v) is 18.6. The summed E-state index contributed by atoms with van der Waals surface area (Å²) in [6, 6.07) is 3.25. The first-order chi connectivity index (χ1) is 13.6. The summed E-state index contributed by atoms with van der Waals surface area (Å²) in [5.74, 6) is 0.832. The average Bonchev–Trinajstić information content (AvgIpc) is 2.62. The standard InChI is InChI=1S/C20H31ClN4O4/c1-20(2,3)23-19(27)13-25-8-6-24(7-9-25)12-18(26)22-15-10-14(21)16(28-4)11-17(15)29-5/h10-11H,6-9,12-13H2,1-5H3,(H,22,26)(H,23,27). The number of benzene rings is 1. The summed E-state index contributed by atoms with van der Waals surface area (Å²) in [5.41, 5.74) is 0.267. The maximum absolute atomic E-state index is 12.5. The Balaban J connectivity index is 1.83. The van der Waals surface area contributed by atoms with Crippen molar-refractivity contribution in [2.45, 2.75) is 26.3 Å². The summed E-state index contributed by atoms with van der Waals surface area (Å²) < 4.78 is 10.5. The quantitative estimate of drug-likeness (QED) is 0.692. The third kappa shape index (κ3) is 7.38. The van der Waals surface area contributed by atoms with Crippen molar-refractivity contribution in [1.29, 1.82) is 0 Å². The van der Waals surface area contributed by atoms with Gasteiger partial charge < -0.3 is 20.1 Å². The predicted octanol–water partition coefficient (Wildman–Crippen LogP) is 1.83. The Morgan fingerprint density at radius 2 is 1.48 bits per heavy atom. The minimum absolute atomic E-state index is 0.0205. The van der Waals surface area contributed by atoms with Crippen LogP contribution in [0.1, 0.15) is 20.8 Å². The van der Waals surface area contributed by atoms with Crippen LogP contribution in [0.3, 0.4) is 0 Å². The zero-order valence-electron chi connectivity index (χ0n) is 17.8. The second-order valence-corrected chi connectivity index (χ2v) is 8.49. The van der Waals surface area contributed by atoms with Crippen molar-refractivity contribution in [1.82, 2.24) is 15.1 Å². The number of hydrogen-bond donors (Lipinski definition) is 2. The number of nitrogens with one attached hydrogen (secondary N) is 2. The summed E-state index contributed by atoms with van der Waals surface area (Å²) in [7, 11) is 3.04. The number of methoxy groups -OCH3 is 2. The Labute approximate surface area is 177 Å². The molecule has 162 valence electrons. The molecular formula is C20H31ClN4O4. The van der Waals surface area contributed by atoms with Crippen molar-refractivity contribution in [3.8, 4) is 11.5 Å². The normalized spacial score (nSPS) is 15.7. The van der Waals surface area contributed by atoms with Gasteiger partial charge in [-0.2, -0.15) is 0 Å². The van der Waals surface area contributed by atoms with E-state index in [1.54, 1.807) is 12.1 Å². The van der Waals surface area contributed by atoms with Crippen LogP contribution >= 0.6 is 11.6 Å². The van der Waals surface area contributed by atoms with Gasteiger partial charge in [-0.15, -0.1) is 0 Å². The SMILES string of the molecule is COc1cc(OC)c(NC(=O)CN2CCN(CC(=O)NC(C)(C)C)CC2)cc1Cl. The van der Waals surface area contributed by atoms with Gasteiger partial charge in [0.15, 0.2) is 0 Å². The Hall–Kier alpha value is -2.03. The van der Waals surface area contributed by atoms with Crippen LogP contribution in [-0.4, -0.2) is 80.6 Å². The maximum atomic E-state index is 12.5. The average molecular weight is 427 g/mol. The molecule has 2 N–H and O–H groups in total. The number of ether oxygens (including phenoxy) is 2. The Kier molecular flexibility index (Phi) is 8.13. The molecule has 1 fully saturated rings. The molecule has 1 saturated heterocycles. The first-order valence-electron chi connectivity index (χ1n) is 9.58. The summed E-state index contributed by atoms with van der Waals surface area (Å²) in [6.07, 6.45) is 0. The number of carbonyl (C=O) groups excluding carboxylic acids is 2. The smallest absolute Gasteiger partial charge is 0.238 e. The van der Waals surface area contributed by atoms with Crippen LogP contribution in [0.2, 0.25) is 5.02 Å². The maximum Gasteiger partial charge on any atom is 0.238 e. The topological polar surface area (TPSA) is 83.1 Å². The van der Waals surface area contributed by atoms with E-state index >= 15 is 0 Å². The number of rotatable bonds is 7. The molecule has 2 rings (SSSR count). The Morgan fingerprint density at radius 1 is 0.966 bits per heavy atom. The van der Waals surface area contributed by atoms with Gasteiger partial charge in [0.1, 0.15) is 11.5 Å². The third-order valence-corrected chi connectivity index (χ3v) is 4.76. The van der Waals surface area contributed by atoms with Gasteiger partial charge in [-0.3, -0.25) is 19.4 Å². The summed E-state index contributed by atoms with van der Waals surface area (Å²) in [6.45, 7) is 9.44. The van der Waals surface area contributed by atoms with E-state index in [2.05, 4.69) is 20.4 Å². The van der Waals surface area contributed by atoms with Crippen molar-refractivity contribution < 1.29 is 19.1 Å². The number of halogens is 1. The molecule has 0 aromatic heterocycles. The van der Waals surface area contributed by atoms with Gasteiger partial charge in [0.2, 0.25) is 11.8 Å². The van der Waals surface area contributed by atoms with Gasteiger partial charge in [0.25, 0.3) is 0 Å². The van der Waals surface area contributed by atoms with Crippen molar-refractivity contribution in [3.63, 3.8) is 0 Å². The number of anilines is 1. The van der Waals surface area contributed by atoms with Crippen LogP contribution in [0.5, 0.6) is 11.5 Å². The minimum atomic E-state index is -0.234. The lowest BCUT2D eigenvalue weighted by molar-refractivity contribution is -0.124. The van der Waals surface area contributed by atoms with Crippen LogP contribution in [-0.2, 0) is 9.59 Å². The van der Waals surface area contributed by atoms with Crippen LogP contribution in [0.25, 0.3) is 0 Å². The van der Waals surface area contributed by atoms with Crippen LogP contribution in [0, 0.1) is 0 Å². The highest BCUT2D eigenvalue weighted by molar-refractivity contribution is 6.32. The van der Waals surface area contributed by atoms with Crippen LogP contribution in [0.15, 0.2) is 12.1 Å². The number of hydrogen-bond acceptors (Lipinski definition) is 6. The molecule has 0 atom stereocenters. The lowest BCUT2D eigenvalue weighted by Gasteiger charge is -2.34. The molecule has 1 heterocycles. The van der Waals surface area contributed by atoms with Gasteiger partial charge in [-0.25, -0.2) is 0 Å². The summed E-state index contributed by atoms with van der Waals surface area (Å²) >= 11 is 6.15. The molecule has 0 radical (unpaired) electrons. The molecule has 1 aliphatic rings. The molecule has 0 aliphatic carbocycles. The van der Waals surface area contributed by atoms with Crippen molar-refractivity contribution in [3.05, 3.63) is 17.2 Å². The lowest BCUT2D eigenvalue weighted by Crippen LogP contribution is -2.52. The first-order valence-corrected chi connectivity index (χ1v) is 9.96. The summed E-state index contributed by atoms with van der Waals surface area (Å²) in [5, 5.41) is 6.21. The number of nitrogens with zero attached hydrogens (tertiary/aromatic N) is 2. The zero-order chi connectivity index (χ0) is 21.6. The number of amides is 2. The van der Waals surface area contributed by atoms with Gasteiger partial charge in [0, 0.05) is 37.8 Å². The molecule has 9 heteroatoms. The molecular weight excluding hydrogens is 396 g/mol. The number of carbonyl (C=O) groups is 2. The Morgan fingerprint density at radius 3 is 1.97 bits per heavy atom. The molecule has 1 aromatic rings. The van der Waals surface area contributed by atoms with Gasteiger partial charge in [-0.1, -0.05) is 11.6 Å². The minimum Gasteiger partial charge on any atom is -0.495 e. The molecule has 1 aliphatic heterocycles. The predicted molar refractivity (Wildman–Crippen MR) is 114 cm³/mol. The second-order valence-electron chi connectivity index (χ2n) is 8.09. The highest BCUT2D eigenvalue weighted by Crippen LogP contribution is 2.35. The van der Waals surface area contributed by atoms with Gasteiger partial charge in [-0.05, 0) is 26.8 Å². The van der Waals surface area contributed by atoms with E-state index in [1.807, 2.05) is 20.8 Å². The fourth-order valence-corrected chi connectivity index (χ4v) is 3.36. The largest absolute Gasteiger partial charge is 0.495 e. The first kappa shape index (κ1) is 23.3. The van der Waals surface area contributed by atoms with Gasteiger partial charge >= 0.3 is 0 Å². The molecule has 0 saturated carbocycles. The molecule has 0 spiro atoms. The molecule has 1 aromatic carbocycles. The molecule has 29 heavy (non-hydrogen) atoms. The number of piperazine rings is 1. The van der Waals surface area contributed by atoms with E-state index in [0.29, 0.717) is 28.8 Å². The highest BCUT2D eigenvalue weighted by Gasteiger charge is 2.22. The summed E-state index contributed by atoms with van der Waals surface area (Å²) in [4.78, 5) is 28.7. The van der Waals surface area contributed by atoms with E-state index in [9.17, 15) is 9.59 Å². The molecule has 0 bridgehead atoms. The molecule has 2 amide bonds. The fourth-order valence-electron chi connectivity index (χ4n) is 3.12. The van der Waals surface area contributed by atoms with Crippen molar-refractivity contribution >= 4 is 29.1 Å².